The highest BCUT2D eigenvalue weighted by molar-refractivity contribution is 7.20. The molecule has 8 heteroatoms. The van der Waals surface area contributed by atoms with Crippen LogP contribution >= 0.6 is 11.3 Å². The normalized spacial score (nSPS) is 15.9. The Hall–Kier alpha value is -3.26. The second-order valence-corrected chi connectivity index (χ2v) is 7.92. The minimum atomic E-state index is -0.0693. The summed E-state index contributed by atoms with van der Waals surface area (Å²) in [6, 6.07) is 9.74. The van der Waals surface area contributed by atoms with Crippen LogP contribution in [0, 0.1) is 6.92 Å². The maximum Gasteiger partial charge on any atom is 0.226 e. The lowest BCUT2D eigenvalue weighted by atomic mass is 9.87. The summed E-state index contributed by atoms with van der Waals surface area (Å²) in [5, 5.41) is 8.44. The number of ether oxygens (including phenoxy) is 1. The molecule has 0 radical (unpaired) electrons. The van der Waals surface area contributed by atoms with Crippen LogP contribution in [0.2, 0.25) is 0 Å². The Kier molecular flexibility index (Phi) is 4.28. The minimum Gasteiger partial charge on any atom is -0.494 e. The number of fused-ring (bicyclic) bond motifs is 2. The van der Waals surface area contributed by atoms with E-state index in [9.17, 15) is 4.79 Å². The van der Waals surface area contributed by atoms with Crippen LogP contribution in [0.25, 0.3) is 15.3 Å². The summed E-state index contributed by atoms with van der Waals surface area (Å²) in [6.07, 6.45) is 3.93. The molecule has 29 heavy (non-hydrogen) atoms. The van der Waals surface area contributed by atoms with Gasteiger partial charge in [-0.25, -0.2) is 4.98 Å². The fourth-order valence-electron chi connectivity index (χ4n) is 3.79. The molecule has 5 rings (SSSR count). The smallest absolute Gasteiger partial charge is 0.226 e. The number of hydrogen-bond acceptors (Lipinski definition) is 6. The number of benzene rings is 1. The highest BCUT2D eigenvalue weighted by Crippen LogP contribution is 2.41. The van der Waals surface area contributed by atoms with Crippen molar-refractivity contribution in [1.82, 2.24) is 19.7 Å². The first kappa shape index (κ1) is 17.8. The van der Waals surface area contributed by atoms with Crippen molar-refractivity contribution >= 4 is 33.3 Å². The molecule has 0 fully saturated rings. The molecule has 1 atom stereocenters. The second kappa shape index (κ2) is 6.97. The highest BCUT2D eigenvalue weighted by atomic mass is 32.1. The van der Waals surface area contributed by atoms with Gasteiger partial charge in [0.05, 0.1) is 22.5 Å². The molecule has 4 heterocycles. The van der Waals surface area contributed by atoms with E-state index in [1.807, 2.05) is 50.4 Å². The van der Waals surface area contributed by atoms with Gasteiger partial charge in [-0.05, 0) is 43.7 Å². The summed E-state index contributed by atoms with van der Waals surface area (Å²) < 4.78 is 8.35. The number of thiazole rings is 1. The van der Waals surface area contributed by atoms with Gasteiger partial charge in [0, 0.05) is 30.3 Å². The van der Waals surface area contributed by atoms with Crippen LogP contribution in [0.5, 0.6) is 5.75 Å². The molecule has 1 amide bonds. The number of aryl methyl sites for hydroxylation is 1. The summed E-state index contributed by atoms with van der Waals surface area (Å²) in [6.45, 7) is 4.55. The third-order valence-electron chi connectivity index (χ3n) is 5.03. The lowest BCUT2D eigenvalue weighted by Gasteiger charge is -2.23. The summed E-state index contributed by atoms with van der Waals surface area (Å²) in [5.74, 6) is 1.41. The SMILES string of the molecule is CCOc1ccc2nc(-n3nc(C)c4c3NC(=O)C[C@@H]4c3cccnc3)sc2c1. The lowest BCUT2D eigenvalue weighted by molar-refractivity contribution is -0.116. The molecule has 4 aromatic rings. The summed E-state index contributed by atoms with van der Waals surface area (Å²) >= 11 is 1.52. The third kappa shape index (κ3) is 3.05. The van der Waals surface area contributed by atoms with Gasteiger partial charge in [-0.3, -0.25) is 9.78 Å². The topological polar surface area (TPSA) is 81.9 Å². The van der Waals surface area contributed by atoms with Crippen LogP contribution in [0.1, 0.15) is 36.1 Å². The zero-order chi connectivity index (χ0) is 20.0. The van der Waals surface area contributed by atoms with E-state index in [1.165, 1.54) is 11.3 Å². The molecular weight excluding hydrogens is 386 g/mol. The quantitative estimate of drug-likeness (QED) is 0.554. The summed E-state index contributed by atoms with van der Waals surface area (Å²) in [7, 11) is 0. The van der Waals surface area contributed by atoms with Gasteiger partial charge in [-0.15, -0.1) is 0 Å². The largest absolute Gasteiger partial charge is 0.494 e. The maximum absolute atomic E-state index is 12.5. The molecule has 0 saturated heterocycles. The maximum atomic E-state index is 12.5. The Balaban J connectivity index is 1.63. The van der Waals surface area contributed by atoms with E-state index in [0.29, 0.717) is 24.0 Å². The lowest BCUT2D eigenvalue weighted by Crippen LogP contribution is -2.25. The van der Waals surface area contributed by atoms with Crippen molar-refractivity contribution < 1.29 is 9.53 Å². The number of anilines is 1. The van der Waals surface area contributed by atoms with E-state index in [1.54, 1.807) is 10.9 Å². The number of aromatic nitrogens is 4. The summed E-state index contributed by atoms with van der Waals surface area (Å²) in [5.41, 5.74) is 3.79. The van der Waals surface area contributed by atoms with Crippen molar-refractivity contribution in [3.05, 3.63) is 59.5 Å². The molecule has 0 unspecified atom stereocenters. The van der Waals surface area contributed by atoms with Crippen LogP contribution in [0.3, 0.4) is 0 Å². The Labute approximate surface area is 171 Å². The van der Waals surface area contributed by atoms with Crippen LogP contribution < -0.4 is 10.1 Å². The van der Waals surface area contributed by atoms with E-state index in [4.69, 9.17) is 14.8 Å². The monoisotopic (exact) mass is 405 g/mol. The first-order valence-electron chi connectivity index (χ1n) is 9.47. The van der Waals surface area contributed by atoms with Gasteiger partial charge in [-0.2, -0.15) is 9.78 Å². The van der Waals surface area contributed by atoms with E-state index in [-0.39, 0.29) is 11.8 Å². The van der Waals surface area contributed by atoms with Crippen LogP contribution in [0.4, 0.5) is 5.82 Å². The number of nitrogens with zero attached hydrogens (tertiary/aromatic N) is 4. The van der Waals surface area contributed by atoms with Gasteiger partial charge in [0.25, 0.3) is 0 Å². The zero-order valence-electron chi connectivity index (χ0n) is 16.0. The molecule has 7 nitrogen and oxygen atoms in total. The Morgan fingerprint density at radius 2 is 2.24 bits per heavy atom. The molecule has 0 bridgehead atoms. The van der Waals surface area contributed by atoms with Crippen molar-refractivity contribution in [3.63, 3.8) is 0 Å². The number of amides is 1. The van der Waals surface area contributed by atoms with Crippen LogP contribution in [-0.4, -0.2) is 32.3 Å². The van der Waals surface area contributed by atoms with E-state index in [2.05, 4.69) is 10.3 Å². The van der Waals surface area contributed by atoms with E-state index >= 15 is 0 Å². The highest BCUT2D eigenvalue weighted by Gasteiger charge is 2.33. The van der Waals surface area contributed by atoms with Crippen LogP contribution in [0.15, 0.2) is 42.7 Å². The average Bonchev–Trinajstić information content (AvgIpc) is 3.29. The first-order valence-corrected chi connectivity index (χ1v) is 10.3. The molecule has 1 aliphatic heterocycles. The molecule has 0 saturated carbocycles. The van der Waals surface area contributed by atoms with Gasteiger partial charge in [0.1, 0.15) is 11.6 Å². The fraction of sp³-hybridized carbons (Fsp3) is 0.238. The number of carbonyl (C=O) groups excluding carboxylic acids is 1. The molecule has 146 valence electrons. The van der Waals surface area contributed by atoms with E-state index in [0.717, 1.165) is 32.8 Å². The van der Waals surface area contributed by atoms with Gasteiger partial charge >= 0.3 is 0 Å². The Bertz CT molecular complexity index is 1210. The fourth-order valence-corrected chi connectivity index (χ4v) is 4.74. The second-order valence-electron chi connectivity index (χ2n) is 6.91. The zero-order valence-corrected chi connectivity index (χ0v) is 16.9. The number of rotatable bonds is 4. The molecule has 1 aliphatic rings. The van der Waals surface area contributed by atoms with Crippen molar-refractivity contribution in [2.45, 2.75) is 26.2 Å². The Morgan fingerprint density at radius 1 is 1.34 bits per heavy atom. The predicted octanol–water partition coefficient (Wildman–Crippen LogP) is 4.06. The standard InChI is InChI=1S/C21H19N5O2S/c1-3-28-14-6-7-16-17(9-14)29-21(23-16)26-20-19(12(2)25-26)15(10-18(27)24-20)13-5-4-8-22-11-13/h4-9,11,15H,3,10H2,1-2H3,(H,24,27)/t15-/m1/s1. The van der Waals surface area contributed by atoms with Crippen molar-refractivity contribution in [1.29, 1.82) is 0 Å². The molecule has 1 N–H and O–H groups in total. The van der Waals surface area contributed by atoms with Gasteiger partial charge in [0.15, 0.2) is 0 Å². The van der Waals surface area contributed by atoms with E-state index < -0.39 is 0 Å². The third-order valence-corrected chi connectivity index (χ3v) is 6.02. The predicted molar refractivity (Wildman–Crippen MR) is 112 cm³/mol. The van der Waals surface area contributed by atoms with Gasteiger partial charge in [0.2, 0.25) is 11.0 Å². The number of pyridine rings is 1. The number of carbonyl (C=O) groups is 1. The number of hydrogen-bond donors (Lipinski definition) is 1. The molecule has 3 aromatic heterocycles. The van der Waals surface area contributed by atoms with Crippen molar-refractivity contribution in [3.8, 4) is 10.9 Å². The molecule has 0 aliphatic carbocycles. The van der Waals surface area contributed by atoms with Crippen LogP contribution in [-0.2, 0) is 4.79 Å². The van der Waals surface area contributed by atoms with Gasteiger partial charge < -0.3 is 10.1 Å². The molecule has 1 aromatic carbocycles. The van der Waals surface area contributed by atoms with Crippen molar-refractivity contribution in [2.24, 2.45) is 0 Å². The first-order chi connectivity index (χ1) is 14.1. The van der Waals surface area contributed by atoms with Gasteiger partial charge in [-0.1, -0.05) is 17.4 Å². The minimum absolute atomic E-state index is 0.0350. The number of nitrogens with one attached hydrogen (secondary N) is 1. The molecular formula is C21H19N5O2S. The average molecular weight is 405 g/mol. The Morgan fingerprint density at radius 3 is 3.03 bits per heavy atom. The summed E-state index contributed by atoms with van der Waals surface area (Å²) in [4.78, 5) is 21.4. The molecule has 0 spiro atoms. The van der Waals surface area contributed by atoms with Crippen molar-refractivity contribution in [2.75, 3.05) is 11.9 Å².